The molecular formula is C25H40O4. The molecule has 5 aliphatic carbocycles. The molecule has 5 aliphatic rings. The molecule has 0 bridgehead atoms. The highest BCUT2D eigenvalue weighted by molar-refractivity contribution is 5.73. The predicted molar refractivity (Wildman–Crippen MR) is 111 cm³/mol. The topological polar surface area (TPSA) is 77.8 Å². The number of aliphatic hydroxyl groups is 2. The van der Waals surface area contributed by atoms with E-state index >= 15 is 0 Å². The number of carboxylic acid groups (broad SMARTS) is 1. The highest BCUT2D eigenvalue weighted by Gasteiger charge is 2.64. The maximum absolute atomic E-state index is 11.4. The lowest BCUT2D eigenvalue weighted by atomic mass is 9.43. The largest absolute Gasteiger partial charge is 0.481 e. The summed E-state index contributed by atoms with van der Waals surface area (Å²) in [6.45, 7) is 7.26. The number of hydrogen-bond donors (Lipinski definition) is 3. The van der Waals surface area contributed by atoms with Crippen molar-refractivity contribution < 1.29 is 20.1 Å². The van der Waals surface area contributed by atoms with Gasteiger partial charge < -0.3 is 15.3 Å². The molecule has 3 unspecified atom stereocenters. The Morgan fingerprint density at radius 3 is 2.31 bits per heavy atom. The van der Waals surface area contributed by atoms with Gasteiger partial charge in [-0.05, 0) is 110 Å². The molecule has 3 N–H and O–H groups in total. The van der Waals surface area contributed by atoms with Crippen molar-refractivity contribution in [2.75, 3.05) is 0 Å². The standard InChI is InChI=1S/C25H40O4/c1-13(16-12-17(16)23(28)29)18-4-5-19-22-20(7-9-25(18,19)3)24(2)8-6-15(26)10-14(24)11-21(22)27/h13-22,26-27H,4-12H2,1-3H3,(H,28,29)/t13-,14?,15-,16?,17?,18-,19+,20+,21-,22+,24+,25-/m1/s1. The van der Waals surface area contributed by atoms with Crippen molar-refractivity contribution >= 4 is 5.97 Å². The fraction of sp³-hybridized carbons (Fsp3) is 0.960. The summed E-state index contributed by atoms with van der Waals surface area (Å²) in [5.74, 6) is 2.76. The first-order chi connectivity index (χ1) is 13.7. The van der Waals surface area contributed by atoms with Crippen molar-refractivity contribution in [1.82, 2.24) is 0 Å². The Kier molecular flexibility index (Phi) is 4.68. The first kappa shape index (κ1) is 20.3. The highest BCUT2D eigenvalue weighted by atomic mass is 16.4. The molecule has 0 aromatic heterocycles. The van der Waals surface area contributed by atoms with Crippen LogP contribution in [0.15, 0.2) is 0 Å². The molecule has 0 aromatic carbocycles. The minimum Gasteiger partial charge on any atom is -0.481 e. The van der Waals surface area contributed by atoms with E-state index in [2.05, 4.69) is 20.8 Å². The molecule has 4 heteroatoms. The Labute approximate surface area is 175 Å². The molecule has 0 amide bonds. The van der Waals surface area contributed by atoms with E-state index in [1.165, 1.54) is 25.7 Å². The Morgan fingerprint density at radius 2 is 1.62 bits per heavy atom. The third-order valence-electron chi connectivity index (χ3n) is 11.2. The zero-order valence-corrected chi connectivity index (χ0v) is 18.4. The van der Waals surface area contributed by atoms with Crippen LogP contribution in [0.2, 0.25) is 0 Å². The number of rotatable bonds is 3. The van der Waals surface area contributed by atoms with Gasteiger partial charge in [0.2, 0.25) is 0 Å². The summed E-state index contributed by atoms with van der Waals surface area (Å²) in [5, 5.41) is 30.9. The molecule has 0 spiro atoms. The van der Waals surface area contributed by atoms with E-state index in [0.29, 0.717) is 41.4 Å². The molecule has 0 aromatic rings. The summed E-state index contributed by atoms with van der Waals surface area (Å²) in [7, 11) is 0. The zero-order valence-electron chi connectivity index (χ0n) is 18.4. The van der Waals surface area contributed by atoms with Gasteiger partial charge in [0.05, 0.1) is 18.1 Å². The fourth-order valence-corrected chi connectivity index (χ4v) is 9.48. The van der Waals surface area contributed by atoms with Gasteiger partial charge in [0, 0.05) is 0 Å². The van der Waals surface area contributed by atoms with E-state index < -0.39 is 5.97 Å². The van der Waals surface area contributed by atoms with Crippen LogP contribution in [0, 0.1) is 58.2 Å². The van der Waals surface area contributed by atoms with Gasteiger partial charge in [-0.15, -0.1) is 0 Å². The van der Waals surface area contributed by atoms with Gasteiger partial charge in [0.1, 0.15) is 0 Å². The van der Waals surface area contributed by atoms with Crippen molar-refractivity contribution in [1.29, 1.82) is 0 Å². The lowest BCUT2D eigenvalue weighted by Gasteiger charge is -2.62. The van der Waals surface area contributed by atoms with E-state index in [-0.39, 0.29) is 29.0 Å². The number of hydrogen-bond acceptors (Lipinski definition) is 3. The second-order valence-electron chi connectivity index (χ2n) is 12.2. The first-order valence-corrected chi connectivity index (χ1v) is 12.3. The monoisotopic (exact) mass is 404 g/mol. The van der Waals surface area contributed by atoms with Crippen LogP contribution in [-0.2, 0) is 4.79 Å². The van der Waals surface area contributed by atoms with Gasteiger partial charge in [-0.2, -0.15) is 0 Å². The summed E-state index contributed by atoms with van der Waals surface area (Å²) in [6.07, 6.45) is 9.08. The Bertz CT molecular complexity index is 678. The highest BCUT2D eigenvalue weighted by Crippen LogP contribution is 2.69. The lowest BCUT2D eigenvalue weighted by Crippen LogP contribution is -2.58. The maximum atomic E-state index is 11.4. The van der Waals surface area contributed by atoms with Crippen molar-refractivity contribution in [3.05, 3.63) is 0 Å². The van der Waals surface area contributed by atoms with Crippen LogP contribution in [0.4, 0.5) is 0 Å². The van der Waals surface area contributed by atoms with Crippen molar-refractivity contribution in [2.45, 2.75) is 90.8 Å². The molecule has 0 saturated heterocycles. The number of aliphatic carboxylic acids is 1. The average molecular weight is 405 g/mol. The van der Waals surface area contributed by atoms with Crippen LogP contribution >= 0.6 is 0 Å². The molecule has 0 radical (unpaired) electrons. The SMILES string of the molecule is C[C@H](C1CC1C(=O)O)[C@H]1CC[C@H]2[C@@H]3[C@H](O)CC4C[C@H](O)CC[C@]4(C)[C@H]3CC[C@]12C. The molecule has 0 heterocycles. The minimum absolute atomic E-state index is 0.113. The molecule has 4 nitrogen and oxygen atoms in total. The van der Waals surface area contributed by atoms with Crippen LogP contribution in [0.3, 0.4) is 0 Å². The third-order valence-corrected chi connectivity index (χ3v) is 11.2. The Balaban J connectivity index is 1.39. The first-order valence-electron chi connectivity index (χ1n) is 12.3. The lowest BCUT2D eigenvalue weighted by molar-refractivity contribution is -0.174. The van der Waals surface area contributed by atoms with Crippen molar-refractivity contribution in [3.63, 3.8) is 0 Å². The number of fused-ring (bicyclic) bond motifs is 5. The number of carboxylic acids is 1. The average Bonchev–Trinajstić information content (AvgIpc) is 3.39. The third kappa shape index (κ3) is 2.87. The second kappa shape index (κ2) is 6.69. The van der Waals surface area contributed by atoms with Crippen LogP contribution in [0.25, 0.3) is 0 Å². The molecule has 5 saturated carbocycles. The van der Waals surface area contributed by atoms with E-state index in [4.69, 9.17) is 0 Å². The van der Waals surface area contributed by atoms with Gasteiger partial charge in [-0.1, -0.05) is 20.8 Å². The normalized spacial score (nSPS) is 57.3. The van der Waals surface area contributed by atoms with Crippen LogP contribution in [0.1, 0.15) is 78.6 Å². The van der Waals surface area contributed by atoms with Crippen LogP contribution < -0.4 is 0 Å². The van der Waals surface area contributed by atoms with E-state index in [1.54, 1.807) is 0 Å². The molecular weight excluding hydrogens is 364 g/mol. The van der Waals surface area contributed by atoms with Crippen LogP contribution in [0.5, 0.6) is 0 Å². The molecule has 29 heavy (non-hydrogen) atoms. The smallest absolute Gasteiger partial charge is 0.306 e. The van der Waals surface area contributed by atoms with E-state index in [9.17, 15) is 20.1 Å². The zero-order chi connectivity index (χ0) is 20.7. The summed E-state index contributed by atoms with van der Waals surface area (Å²) in [4.78, 5) is 11.4. The fourth-order valence-electron chi connectivity index (χ4n) is 9.48. The quantitative estimate of drug-likeness (QED) is 0.654. The summed E-state index contributed by atoms with van der Waals surface area (Å²) in [5.41, 5.74) is 0.531. The summed E-state index contributed by atoms with van der Waals surface area (Å²) in [6, 6.07) is 0. The van der Waals surface area contributed by atoms with Crippen molar-refractivity contribution in [3.8, 4) is 0 Å². The van der Waals surface area contributed by atoms with Gasteiger partial charge in [-0.25, -0.2) is 0 Å². The van der Waals surface area contributed by atoms with Gasteiger partial charge in [0.15, 0.2) is 0 Å². The second-order valence-corrected chi connectivity index (χ2v) is 12.2. The number of aliphatic hydroxyl groups excluding tert-OH is 2. The van der Waals surface area contributed by atoms with Gasteiger partial charge in [0.25, 0.3) is 0 Å². The molecule has 5 rings (SSSR count). The summed E-state index contributed by atoms with van der Waals surface area (Å²) < 4.78 is 0. The Morgan fingerprint density at radius 1 is 0.931 bits per heavy atom. The molecule has 5 fully saturated rings. The Hall–Kier alpha value is -0.610. The van der Waals surface area contributed by atoms with Crippen LogP contribution in [-0.4, -0.2) is 33.5 Å². The number of carbonyl (C=O) groups is 1. The van der Waals surface area contributed by atoms with E-state index in [0.717, 1.165) is 32.1 Å². The van der Waals surface area contributed by atoms with Crippen molar-refractivity contribution in [2.24, 2.45) is 58.2 Å². The molecule has 12 atom stereocenters. The minimum atomic E-state index is -0.605. The predicted octanol–water partition coefficient (Wildman–Crippen LogP) is 4.33. The summed E-state index contributed by atoms with van der Waals surface area (Å²) >= 11 is 0. The maximum Gasteiger partial charge on any atom is 0.306 e. The molecule has 164 valence electrons. The molecule has 0 aliphatic heterocycles. The van der Waals surface area contributed by atoms with Gasteiger partial charge in [-0.3, -0.25) is 4.79 Å². The van der Waals surface area contributed by atoms with Gasteiger partial charge >= 0.3 is 5.97 Å². The van der Waals surface area contributed by atoms with E-state index in [1.807, 2.05) is 0 Å².